The number of anilines is 1. The molecule has 0 atom stereocenters. The second kappa shape index (κ2) is 8.87. The number of hydrogen-bond acceptors (Lipinski definition) is 7. The average molecular weight is 491 g/mol. The van der Waals surface area contributed by atoms with E-state index < -0.39 is 17.3 Å². The molecule has 5 aromatic rings. The molecule has 0 amide bonds. The highest BCUT2D eigenvalue weighted by atomic mass is 19.1. The van der Waals surface area contributed by atoms with Crippen LogP contribution in [0.2, 0.25) is 0 Å². The third kappa shape index (κ3) is 3.93. The molecule has 8 nitrogen and oxygen atoms in total. The van der Waals surface area contributed by atoms with E-state index >= 15 is 0 Å². The smallest absolute Gasteiger partial charge is 0.360 e. The van der Waals surface area contributed by atoms with Crippen LogP contribution in [-0.4, -0.2) is 41.2 Å². The molecule has 0 bridgehead atoms. The molecule has 4 aromatic heterocycles. The molecule has 36 heavy (non-hydrogen) atoms. The van der Waals surface area contributed by atoms with Crippen LogP contribution < -0.4 is 20.6 Å². The Balaban J connectivity index is 1.17. The number of fused-ring (bicyclic) bond motifs is 4. The van der Waals surface area contributed by atoms with Gasteiger partial charge < -0.3 is 24.4 Å². The van der Waals surface area contributed by atoms with Crippen molar-refractivity contribution < 1.29 is 17.9 Å². The zero-order valence-corrected chi connectivity index (χ0v) is 19.5. The lowest BCUT2D eigenvalue weighted by Crippen LogP contribution is -2.42. The molecule has 6 rings (SSSR count). The van der Waals surface area contributed by atoms with E-state index in [1.54, 1.807) is 12.1 Å². The summed E-state index contributed by atoms with van der Waals surface area (Å²) in [6, 6.07) is 9.65. The van der Waals surface area contributed by atoms with Crippen molar-refractivity contribution in [2.45, 2.75) is 25.4 Å². The first kappa shape index (κ1) is 22.4. The minimum atomic E-state index is -0.486. The maximum atomic E-state index is 14.8. The molecule has 184 valence electrons. The monoisotopic (exact) mass is 491 g/mol. The predicted octanol–water partition coefficient (Wildman–Crippen LogP) is 4.26. The first-order valence-electron chi connectivity index (χ1n) is 11.7. The second-order valence-electron chi connectivity index (χ2n) is 8.93. The van der Waals surface area contributed by atoms with Crippen molar-refractivity contribution in [3.8, 4) is 5.88 Å². The Morgan fingerprint density at radius 1 is 1.17 bits per heavy atom. The zero-order chi connectivity index (χ0) is 24.8. The minimum Gasteiger partial charge on any atom is -0.481 e. The standard InChI is InChI=1S/C26H23F2N5O3/c1-35-22-5-3-20-24(32-22)25(19(28)13-30-20)33-8-6-15(7-9-33)29-12-16-11-18-17-10-14(27)2-4-21(17)36-26(34)23(18)31-16/h2-5,10-11,13,15,29,31H,6-9,12H2,1H3. The third-order valence-electron chi connectivity index (χ3n) is 6.73. The molecule has 1 fully saturated rings. The van der Waals surface area contributed by atoms with Gasteiger partial charge in [0.1, 0.15) is 28.1 Å². The minimum absolute atomic E-state index is 0.205. The number of ether oxygens (including phenoxy) is 1. The van der Waals surface area contributed by atoms with E-state index in [0.29, 0.717) is 64.1 Å². The first-order chi connectivity index (χ1) is 17.5. The third-order valence-corrected chi connectivity index (χ3v) is 6.73. The van der Waals surface area contributed by atoms with Gasteiger partial charge in [-0.2, -0.15) is 0 Å². The lowest BCUT2D eigenvalue weighted by Gasteiger charge is -2.34. The van der Waals surface area contributed by atoms with E-state index in [0.717, 1.165) is 18.5 Å². The van der Waals surface area contributed by atoms with Gasteiger partial charge in [-0.15, -0.1) is 0 Å². The summed E-state index contributed by atoms with van der Waals surface area (Å²) in [5.41, 5.74) is 2.54. The number of benzene rings is 1. The number of aromatic amines is 1. The van der Waals surface area contributed by atoms with Crippen LogP contribution in [0.5, 0.6) is 5.88 Å². The number of H-pyrrole nitrogens is 1. The Hall–Kier alpha value is -4.05. The number of piperidine rings is 1. The SMILES string of the molecule is COc1ccc2ncc(F)c(N3CCC(NCc4cc5c([nH]4)c(=O)oc4ccc(F)cc45)CC3)c2n1. The number of nitrogens with zero attached hydrogens (tertiary/aromatic N) is 3. The van der Waals surface area contributed by atoms with Crippen LogP contribution in [0.1, 0.15) is 18.5 Å². The van der Waals surface area contributed by atoms with Crippen molar-refractivity contribution >= 4 is 38.6 Å². The van der Waals surface area contributed by atoms with E-state index in [1.807, 2.05) is 11.0 Å². The molecular formula is C26H23F2N5O3. The van der Waals surface area contributed by atoms with Gasteiger partial charge in [-0.05, 0) is 43.2 Å². The molecule has 2 N–H and O–H groups in total. The summed E-state index contributed by atoms with van der Waals surface area (Å²) < 4.78 is 39.1. The average Bonchev–Trinajstić information content (AvgIpc) is 3.33. The summed E-state index contributed by atoms with van der Waals surface area (Å²) in [4.78, 5) is 26.1. The van der Waals surface area contributed by atoms with Crippen LogP contribution >= 0.6 is 0 Å². The lowest BCUT2D eigenvalue weighted by molar-refractivity contribution is 0.399. The molecule has 5 heterocycles. The van der Waals surface area contributed by atoms with Gasteiger partial charge in [0.15, 0.2) is 5.82 Å². The number of aromatic nitrogens is 3. The van der Waals surface area contributed by atoms with Crippen molar-refractivity contribution in [3.05, 3.63) is 70.3 Å². The molecule has 1 aliphatic rings. The largest absolute Gasteiger partial charge is 0.481 e. The van der Waals surface area contributed by atoms with Crippen LogP contribution in [0.4, 0.5) is 14.5 Å². The predicted molar refractivity (Wildman–Crippen MR) is 132 cm³/mol. The van der Waals surface area contributed by atoms with Crippen LogP contribution in [0, 0.1) is 11.6 Å². The topological polar surface area (TPSA) is 96.3 Å². The summed E-state index contributed by atoms with van der Waals surface area (Å²) in [6.07, 6.45) is 2.83. The van der Waals surface area contributed by atoms with Crippen LogP contribution in [-0.2, 0) is 6.54 Å². The van der Waals surface area contributed by atoms with Gasteiger partial charge in [-0.25, -0.2) is 18.6 Å². The van der Waals surface area contributed by atoms with Crippen molar-refractivity contribution in [2.75, 3.05) is 25.1 Å². The Kier molecular flexibility index (Phi) is 5.52. The number of pyridine rings is 2. The molecule has 0 aliphatic carbocycles. The Morgan fingerprint density at radius 3 is 2.81 bits per heavy atom. The maximum Gasteiger partial charge on any atom is 0.360 e. The highest BCUT2D eigenvalue weighted by Gasteiger charge is 2.24. The van der Waals surface area contributed by atoms with Crippen molar-refractivity contribution in [3.63, 3.8) is 0 Å². The van der Waals surface area contributed by atoms with Crippen LogP contribution in [0.25, 0.3) is 32.9 Å². The molecule has 0 unspecified atom stereocenters. The van der Waals surface area contributed by atoms with E-state index in [9.17, 15) is 13.6 Å². The van der Waals surface area contributed by atoms with E-state index in [2.05, 4.69) is 20.3 Å². The first-order valence-corrected chi connectivity index (χ1v) is 11.7. The molecule has 10 heteroatoms. The fourth-order valence-corrected chi connectivity index (χ4v) is 4.92. The molecule has 0 spiro atoms. The maximum absolute atomic E-state index is 14.8. The number of nitrogens with one attached hydrogen (secondary N) is 2. The molecule has 0 radical (unpaired) electrons. The highest BCUT2D eigenvalue weighted by Crippen LogP contribution is 2.31. The van der Waals surface area contributed by atoms with Gasteiger partial charge in [0.05, 0.1) is 18.8 Å². The summed E-state index contributed by atoms with van der Waals surface area (Å²) >= 11 is 0. The van der Waals surface area contributed by atoms with Crippen LogP contribution in [0.3, 0.4) is 0 Å². The molecule has 1 aliphatic heterocycles. The second-order valence-corrected chi connectivity index (χ2v) is 8.93. The van der Waals surface area contributed by atoms with E-state index in [1.165, 1.54) is 31.5 Å². The number of halogens is 2. The summed E-state index contributed by atoms with van der Waals surface area (Å²) in [5, 5.41) is 4.70. The number of hydrogen-bond donors (Lipinski definition) is 2. The van der Waals surface area contributed by atoms with Gasteiger partial charge in [-0.1, -0.05) is 0 Å². The molecule has 0 saturated carbocycles. The van der Waals surface area contributed by atoms with Gasteiger partial charge in [0.2, 0.25) is 5.88 Å². The van der Waals surface area contributed by atoms with Crippen LogP contribution in [0.15, 0.2) is 51.8 Å². The zero-order valence-electron chi connectivity index (χ0n) is 19.5. The van der Waals surface area contributed by atoms with Gasteiger partial charge in [-0.3, -0.25) is 4.98 Å². The fourth-order valence-electron chi connectivity index (χ4n) is 4.92. The Labute approximate surface area is 203 Å². The Morgan fingerprint density at radius 2 is 2.00 bits per heavy atom. The summed E-state index contributed by atoms with van der Waals surface area (Å²) in [7, 11) is 1.53. The van der Waals surface area contributed by atoms with Gasteiger partial charge in [0, 0.05) is 48.2 Å². The number of methoxy groups -OCH3 is 1. The van der Waals surface area contributed by atoms with Gasteiger partial charge in [0.25, 0.3) is 0 Å². The molecule has 1 aromatic carbocycles. The normalized spacial score (nSPS) is 14.8. The number of rotatable bonds is 5. The molecule has 1 saturated heterocycles. The van der Waals surface area contributed by atoms with Crippen molar-refractivity contribution in [1.29, 1.82) is 0 Å². The Bertz CT molecular complexity index is 1660. The summed E-state index contributed by atoms with van der Waals surface area (Å²) in [5.74, 6) is -0.386. The quantitative estimate of drug-likeness (QED) is 0.355. The van der Waals surface area contributed by atoms with E-state index in [4.69, 9.17) is 9.15 Å². The van der Waals surface area contributed by atoms with Crippen molar-refractivity contribution in [1.82, 2.24) is 20.3 Å². The summed E-state index contributed by atoms with van der Waals surface area (Å²) in [6.45, 7) is 1.79. The molecular weight excluding hydrogens is 468 g/mol. The highest BCUT2D eigenvalue weighted by molar-refractivity contribution is 6.03. The van der Waals surface area contributed by atoms with E-state index in [-0.39, 0.29) is 6.04 Å². The van der Waals surface area contributed by atoms with Gasteiger partial charge >= 0.3 is 5.63 Å². The lowest BCUT2D eigenvalue weighted by atomic mass is 10.0. The fraction of sp³-hybridized carbons (Fsp3) is 0.269. The van der Waals surface area contributed by atoms with Crippen molar-refractivity contribution in [2.24, 2.45) is 0 Å².